The number of likely N-dealkylation sites (tertiary alicyclic amines) is 1. The Morgan fingerprint density at radius 2 is 2.16 bits per heavy atom. The van der Waals surface area contributed by atoms with E-state index in [1.807, 2.05) is 11.4 Å². The summed E-state index contributed by atoms with van der Waals surface area (Å²) in [7, 11) is 0. The highest BCUT2D eigenvalue weighted by molar-refractivity contribution is 9.11. The van der Waals surface area contributed by atoms with Crippen molar-refractivity contribution in [2.24, 2.45) is 0 Å². The molecule has 0 unspecified atom stereocenters. The number of carboxylic acid groups (broad SMARTS) is 1. The number of piperidine rings is 1. The zero-order valence-electron chi connectivity index (χ0n) is 10.2. The van der Waals surface area contributed by atoms with Gasteiger partial charge in [-0.3, -0.25) is 4.79 Å². The molecular weight excluding hydrogens is 334 g/mol. The first-order valence-electron chi connectivity index (χ1n) is 5.93. The lowest BCUT2D eigenvalue weighted by Crippen LogP contribution is -2.41. The minimum Gasteiger partial charge on any atom is -0.480 e. The molecule has 0 aromatic carbocycles. The smallest absolute Gasteiger partial charge is 0.329 e. The van der Waals surface area contributed by atoms with Gasteiger partial charge in [0.1, 0.15) is 6.61 Å². The summed E-state index contributed by atoms with van der Waals surface area (Å²) >= 11 is 4.83. The van der Waals surface area contributed by atoms with E-state index in [0.717, 1.165) is 3.79 Å². The summed E-state index contributed by atoms with van der Waals surface area (Å²) in [6.07, 6.45) is 1.31. The molecule has 0 bridgehead atoms. The fourth-order valence-electron chi connectivity index (χ4n) is 2.02. The minimum absolute atomic E-state index is 0.0265. The lowest BCUT2D eigenvalue weighted by molar-refractivity contribution is -0.145. The summed E-state index contributed by atoms with van der Waals surface area (Å²) in [5.74, 6) is -0.930. The largest absolute Gasteiger partial charge is 0.480 e. The van der Waals surface area contributed by atoms with Crippen molar-refractivity contribution in [3.8, 4) is 0 Å². The number of carbonyl (C=O) groups excluding carboxylic acids is 1. The maximum atomic E-state index is 12.2. The third kappa shape index (κ3) is 4.02. The van der Waals surface area contributed by atoms with Crippen LogP contribution in [-0.4, -0.2) is 47.7 Å². The predicted molar refractivity (Wildman–Crippen MR) is 74.5 cm³/mol. The zero-order valence-corrected chi connectivity index (χ0v) is 12.6. The third-order valence-electron chi connectivity index (χ3n) is 2.99. The molecule has 104 valence electrons. The minimum atomic E-state index is -0.957. The van der Waals surface area contributed by atoms with Gasteiger partial charge in [-0.05, 0) is 34.8 Å². The SMILES string of the molecule is O=C(O)COC1CCN(C(=O)c2csc(Br)c2)CC1. The maximum absolute atomic E-state index is 12.2. The monoisotopic (exact) mass is 347 g/mol. The second-order valence-corrected chi connectivity index (χ2v) is 6.63. The van der Waals surface area contributed by atoms with Crippen LogP contribution < -0.4 is 0 Å². The van der Waals surface area contributed by atoms with Gasteiger partial charge in [0.2, 0.25) is 0 Å². The second kappa shape index (κ2) is 6.49. The molecule has 2 rings (SSSR count). The highest BCUT2D eigenvalue weighted by Gasteiger charge is 2.24. The Kier molecular flexibility index (Phi) is 4.95. The fourth-order valence-corrected chi connectivity index (χ4v) is 3.15. The van der Waals surface area contributed by atoms with Crippen molar-refractivity contribution in [3.63, 3.8) is 0 Å². The van der Waals surface area contributed by atoms with Gasteiger partial charge in [0.15, 0.2) is 0 Å². The first kappa shape index (κ1) is 14.5. The van der Waals surface area contributed by atoms with Crippen molar-refractivity contribution in [3.05, 3.63) is 20.8 Å². The number of hydrogen-bond donors (Lipinski definition) is 1. The third-order valence-corrected chi connectivity index (χ3v) is 4.49. The molecule has 0 radical (unpaired) electrons. The van der Waals surface area contributed by atoms with Crippen molar-refractivity contribution in [2.75, 3.05) is 19.7 Å². The Labute approximate surface area is 123 Å². The number of carboxylic acids is 1. The highest BCUT2D eigenvalue weighted by atomic mass is 79.9. The molecule has 1 N–H and O–H groups in total. The standard InChI is InChI=1S/C12H14BrNO4S/c13-10-5-8(7-19-10)12(17)14-3-1-9(2-4-14)18-6-11(15)16/h5,7,9H,1-4,6H2,(H,15,16). The van der Waals surface area contributed by atoms with Crippen LogP contribution in [0.2, 0.25) is 0 Å². The van der Waals surface area contributed by atoms with E-state index in [-0.39, 0.29) is 18.6 Å². The summed E-state index contributed by atoms with van der Waals surface area (Å²) in [4.78, 5) is 24.4. The van der Waals surface area contributed by atoms with Gasteiger partial charge < -0.3 is 14.7 Å². The number of aliphatic carboxylic acids is 1. The average Bonchev–Trinajstić information content (AvgIpc) is 2.83. The summed E-state index contributed by atoms with van der Waals surface area (Å²) in [6, 6.07) is 1.82. The van der Waals surface area contributed by atoms with Crippen LogP contribution in [0.3, 0.4) is 0 Å². The van der Waals surface area contributed by atoms with Crippen molar-refractivity contribution in [2.45, 2.75) is 18.9 Å². The second-order valence-electron chi connectivity index (χ2n) is 4.34. The topological polar surface area (TPSA) is 66.8 Å². The van der Waals surface area contributed by atoms with Gasteiger partial charge in [0.05, 0.1) is 15.5 Å². The van der Waals surface area contributed by atoms with Gasteiger partial charge >= 0.3 is 5.97 Å². The Hall–Kier alpha value is -0.920. The van der Waals surface area contributed by atoms with E-state index in [9.17, 15) is 9.59 Å². The van der Waals surface area contributed by atoms with Gasteiger partial charge in [0.25, 0.3) is 5.91 Å². The number of halogens is 1. The average molecular weight is 348 g/mol. The number of rotatable bonds is 4. The maximum Gasteiger partial charge on any atom is 0.329 e. The number of ether oxygens (including phenoxy) is 1. The lowest BCUT2D eigenvalue weighted by Gasteiger charge is -2.31. The lowest BCUT2D eigenvalue weighted by atomic mass is 10.1. The zero-order chi connectivity index (χ0) is 13.8. The van der Waals surface area contributed by atoms with E-state index < -0.39 is 5.97 Å². The Morgan fingerprint density at radius 3 is 2.68 bits per heavy atom. The molecule has 0 aliphatic carbocycles. The van der Waals surface area contributed by atoms with Gasteiger partial charge in [-0.15, -0.1) is 11.3 Å². The van der Waals surface area contributed by atoms with Crippen molar-refractivity contribution in [1.82, 2.24) is 4.90 Å². The molecule has 5 nitrogen and oxygen atoms in total. The summed E-state index contributed by atoms with van der Waals surface area (Å²) < 4.78 is 6.18. The van der Waals surface area contributed by atoms with E-state index >= 15 is 0 Å². The van der Waals surface area contributed by atoms with Crippen LogP contribution in [0.25, 0.3) is 0 Å². The van der Waals surface area contributed by atoms with E-state index in [4.69, 9.17) is 9.84 Å². The fraction of sp³-hybridized carbons (Fsp3) is 0.500. The Bertz CT molecular complexity index is 468. The number of hydrogen-bond acceptors (Lipinski definition) is 4. The first-order valence-corrected chi connectivity index (χ1v) is 7.60. The first-order chi connectivity index (χ1) is 9.06. The van der Waals surface area contributed by atoms with E-state index in [0.29, 0.717) is 31.5 Å². The molecule has 1 aliphatic rings. The number of amides is 1. The molecule has 1 amide bonds. The molecule has 1 saturated heterocycles. The molecule has 0 spiro atoms. The van der Waals surface area contributed by atoms with Crippen molar-refractivity contribution < 1.29 is 19.4 Å². The van der Waals surface area contributed by atoms with Crippen molar-refractivity contribution >= 4 is 39.1 Å². The van der Waals surface area contributed by atoms with Crippen LogP contribution >= 0.6 is 27.3 Å². The molecule has 1 aromatic rings. The highest BCUT2D eigenvalue weighted by Crippen LogP contribution is 2.23. The van der Waals surface area contributed by atoms with E-state index in [2.05, 4.69) is 15.9 Å². The predicted octanol–water partition coefficient (Wildman–Crippen LogP) is 2.22. The van der Waals surface area contributed by atoms with Crippen LogP contribution in [0, 0.1) is 0 Å². The summed E-state index contributed by atoms with van der Waals surface area (Å²) in [6.45, 7) is 0.948. The quantitative estimate of drug-likeness (QED) is 0.906. The summed E-state index contributed by atoms with van der Waals surface area (Å²) in [5.41, 5.74) is 0.696. The normalized spacial score (nSPS) is 16.6. The molecular formula is C12H14BrNO4S. The molecule has 19 heavy (non-hydrogen) atoms. The van der Waals surface area contributed by atoms with Crippen LogP contribution in [0.15, 0.2) is 15.2 Å². The Balaban J connectivity index is 1.83. The van der Waals surface area contributed by atoms with Crippen molar-refractivity contribution in [1.29, 1.82) is 0 Å². The van der Waals surface area contributed by atoms with Crippen LogP contribution in [0.4, 0.5) is 0 Å². The van der Waals surface area contributed by atoms with Gasteiger partial charge in [0, 0.05) is 18.5 Å². The van der Waals surface area contributed by atoms with Gasteiger partial charge in [-0.25, -0.2) is 4.79 Å². The number of nitrogens with zero attached hydrogens (tertiary/aromatic N) is 1. The molecule has 2 heterocycles. The molecule has 1 aromatic heterocycles. The molecule has 1 aliphatic heterocycles. The van der Waals surface area contributed by atoms with E-state index in [1.165, 1.54) is 11.3 Å². The molecule has 7 heteroatoms. The van der Waals surface area contributed by atoms with E-state index in [1.54, 1.807) is 4.90 Å². The molecule has 0 saturated carbocycles. The van der Waals surface area contributed by atoms with Gasteiger partial charge in [-0.1, -0.05) is 0 Å². The Morgan fingerprint density at radius 1 is 1.47 bits per heavy atom. The number of thiophene rings is 1. The van der Waals surface area contributed by atoms with Crippen LogP contribution in [0.5, 0.6) is 0 Å². The summed E-state index contributed by atoms with van der Waals surface area (Å²) in [5, 5.41) is 10.4. The molecule has 0 atom stereocenters. The molecule has 1 fully saturated rings. The van der Waals surface area contributed by atoms with Crippen LogP contribution in [0.1, 0.15) is 23.2 Å². The number of carbonyl (C=O) groups is 2. The van der Waals surface area contributed by atoms with Gasteiger partial charge in [-0.2, -0.15) is 0 Å². The van der Waals surface area contributed by atoms with Crippen LogP contribution in [-0.2, 0) is 9.53 Å².